The zero-order valence-electron chi connectivity index (χ0n) is 9.54. The van der Waals surface area contributed by atoms with Crippen molar-refractivity contribution in [3.05, 3.63) is 24.0 Å². The second-order valence-corrected chi connectivity index (χ2v) is 3.93. The number of anilines is 1. The Kier molecular flexibility index (Phi) is 3.68. The molecule has 15 heavy (non-hydrogen) atoms. The van der Waals surface area contributed by atoms with Crippen LogP contribution >= 0.6 is 0 Å². The standard InChI is InChI=1S/C12H17N3/c1-4-12(3,5-2)15-10-6-7-14-11(8-10)9-13/h6-8H,4-5H2,1-3H3,(H,14,15). The van der Waals surface area contributed by atoms with Gasteiger partial charge in [-0.1, -0.05) is 13.8 Å². The van der Waals surface area contributed by atoms with Gasteiger partial charge in [-0.05, 0) is 31.9 Å². The Bertz CT molecular complexity index is 361. The van der Waals surface area contributed by atoms with E-state index in [2.05, 4.69) is 31.1 Å². The monoisotopic (exact) mass is 203 g/mol. The maximum Gasteiger partial charge on any atom is 0.142 e. The molecule has 1 aromatic rings. The van der Waals surface area contributed by atoms with Gasteiger partial charge >= 0.3 is 0 Å². The van der Waals surface area contributed by atoms with Gasteiger partial charge in [0.1, 0.15) is 11.8 Å². The number of nitriles is 1. The third kappa shape index (κ3) is 2.95. The number of pyridine rings is 1. The van der Waals surface area contributed by atoms with Gasteiger partial charge in [0.25, 0.3) is 0 Å². The largest absolute Gasteiger partial charge is 0.380 e. The molecule has 1 heterocycles. The number of nitrogens with zero attached hydrogens (tertiary/aromatic N) is 2. The Hall–Kier alpha value is -1.56. The molecule has 0 aliphatic carbocycles. The molecule has 80 valence electrons. The third-order valence-corrected chi connectivity index (χ3v) is 2.88. The first kappa shape index (κ1) is 11.5. The van der Waals surface area contributed by atoms with E-state index in [0.29, 0.717) is 5.69 Å². The molecule has 0 radical (unpaired) electrons. The van der Waals surface area contributed by atoms with Gasteiger partial charge in [-0.25, -0.2) is 4.98 Å². The summed E-state index contributed by atoms with van der Waals surface area (Å²) < 4.78 is 0. The van der Waals surface area contributed by atoms with Crippen LogP contribution in [0.15, 0.2) is 18.3 Å². The molecule has 1 aromatic heterocycles. The molecule has 1 rings (SSSR count). The third-order valence-electron chi connectivity index (χ3n) is 2.88. The lowest BCUT2D eigenvalue weighted by molar-refractivity contribution is 0.478. The molecule has 3 heteroatoms. The molecule has 0 aliphatic heterocycles. The quantitative estimate of drug-likeness (QED) is 0.818. The van der Waals surface area contributed by atoms with Crippen molar-refractivity contribution < 1.29 is 0 Å². The van der Waals surface area contributed by atoms with Crippen LogP contribution in [0.2, 0.25) is 0 Å². The molecule has 0 spiro atoms. The predicted octanol–water partition coefficient (Wildman–Crippen LogP) is 2.94. The van der Waals surface area contributed by atoms with Crippen molar-refractivity contribution in [1.29, 1.82) is 5.26 Å². The van der Waals surface area contributed by atoms with Gasteiger partial charge in [0.05, 0.1) is 0 Å². The molecular weight excluding hydrogens is 186 g/mol. The van der Waals surface area contributed by atoms with Gasteiger partial charge in [-0.3, -0.25) is 0 Å². The van der Waals surface area contributed by atoms with Crippen molar-refractivity contribution in [2.45, 2.75) is 39.2 Å². The number of hydrogen-bond acceptors (Lipinski definition) is 3. The van der Waals surface area contributed by atoms with Crippen molar-refractivity contribution in [2.24, 2.45) is 0 Å². The van der Waals surface area contributed by atoms with Crippen LogP contribution in [0.1, 0.15) is 39.3 Å². The second-order valence-electron chi connectivity index (χ2n) is 3.93. The summed E-state index contributed by atoms with van der Waals surface area (Å²) in [7, 11) is 0. The molecular formula is C12H17N3. The lowest BCUT2D eigenvalue weighted by Crippen LogP contribution is -2.32. The summed E-state index contributed by atoms with van der Waals surface area (Å²) >= 11 is 0. The first-order chi connectivity index (χ1) is 7.13. The van der Waals surface area contributed by atoms with Crippen LogP contribution in [-0.2, 0) is 0 Å². The average Bonchev–Trinajstić information content (AvgIpc) is 2.29. The van der Waals surface area contributed by atoms with E-state index in [1.165, 1.54) is 0 Å². The van der Waals surface area contributed by atoms with E-state index in [9.17, 15) is 0 Å². The smallest absolute Gasteiger partial charge is 0.142 e. The average molecular weight is 203 g/mol. The van der Waals surface area contributed by atoms with Gasteiger partial charge in [-0.15, -0.1) is 0 Å². The van der Waals surface area contributed by atoms with Crippen LogP contribution in [0, 0.1) is 11.3 Å². The summed E-state index contributed by atoms with van der Waals surface area (Å²) in [5.41, 5.74) is 1.51. The summed E-state index contributed by atoms with van der Waals surface area (Å²) in [6, 6.07) is 5.71. The summed E-state index contributed by atoms with van der Waals surface area (Å²) in [6.45, 7) is 6.49. The van der Waals surface area contributed by atoms with E-state index in [0.717, 1.165) is 18.5 Å². The Morgan fingerprint density at radius 2 is 2.13 bits per heavy atom. The number of rotatable bonds is 4. The van der Waals surface area contributed by atoms with Crippen molar-refractivity contribution >= 4 is 5.69 Å². The highest BCUT2D eigenvalue weighted by molar-refractivity contribution is 5.47. The van der Waals surface area contributed by atoms with Crippen molar-refractivity contribution in [3.63, 3.8) is 0 Å². The maximum absolute atomic E-state index is 8.73. The highest BCUT2D eigenvalue weighted by atomic mass is 15.0. The molecule has 1 N–H and O–H groups in total. The second kappa shape index (κ2) is 4.79. The molecule has 0 amide bonds. The number of hydrogen-bond donors (Lipinski definition) is 1. The van der Waals surface area contributed by atoms with Crippen LogP contribution < -0.4 is 5.32 Å². The van der Waals surface area contributed by atoms with E-state index < -0.39 is 0 Å². The topological polar surface area (TPSA) is 48.7 Å². The zero-order chi connectivity index (χ0) is 11.3. The molecule has 0 aliphatic rings. The van der Waals surface area contributed by atoms with Crippen LogP contribution in [0.3, 0.4) is 0 Å². The SMILES string of the molecule is CCC(C)(CC)Nc1ccnc(C#N)c1. The Balaban J connectivity index is 2.85. The van der Waals surface area contributed by atoms with E-state index >= 15 is 0 Å². The fourth-order valence-corrected chi connectivity index (χ4v) is 1.34. The van der Waals surface area contributed by atoms with Crippen LogP contribution in [0.25, 0.3) is 0 Å². The summed E-state index contributed by atoms with van der Waals surface area (Å²) in [4.78, 5) is 3.94. The molecule has 3 nitrogen and oxygen atoms in total. The highest BCUT2D eigenvalue weighted by Crippen LogP contribution is 2.21. The van der Waals surface area contributed by atoms with Gasteiger partial charge in [0, 0.05) is 17.4 Å². The minimum Gasteiger partial charge on any atom is -0.380 e. The van der Waals surface area contributed by atoms with Gasteiger partial charge in [-0.2, -0.15) is 5.26 Å². The molecule has 0 fully saturated rings. The summed E-state index contributed by atoms with van der Waals surface area (Å²) in [6.07, 6.45) is 3.76. The minimum atomic E-state index is 0.0913. The number of nitrogens with one attached hydrogen (secondary N) is 1. The fraction of sp³-hybridized carbons (Fsp3) is 0.500. The molecule has 0 atom stereocenters. The highest BCUT2D eigenvalue weighted by Gasteiger charge is 2.18. The Labute approximate surface area is 91.1 Å². The van der Waals surface area contributed by atoms with Crippen LogP contribution in [0.5, 0.6) is 0 Å². The molecule has 0 bridgehead atoms. The molecule has 0 saturated heterocycles. The maximum atomic E-state index is 8.73. The van der Waals surface area contributed by atoms with Crippen molar-refractivity contribution in [3.8, 4) is 6.07 Å². The van der Waals surface area contributed by atoms with Gasteiger partial charge < -0.3 is 5.32 Å². The molecule has 0 saturated carbocycles. The van der Waals surface area contributed by atoms with E-state index in [4.69, 9.17) is 5.26 Å². The Morgan fingerprint density at radius 3 is 2.67 bits per heavy atom. The van der Waals surface area contributed by atoms with Gasteiger partial charge in [0.15, 0.2) is 0 Å². The first-order valence-corrected chi connectivity index (χ1v) is 5.28. The van der Waals surface area contributed by atoms with E-state index in [1.54, 1.807) is 12.3 Å². The van der Waals surface area contributed by atoms with Gasteiger partial charge in [0.2, 0.25) is 0 Å². The molecule has 0 unspecified atom stereocenters. The lowest BCUT2D eigenvalue weighted by atomic mass is 9.95. The fourth-order valence-electron chi connectivity index (χ4n) is 1.34. The normalized spacial score (nSPS) is 10.8. The van der Waals surface area contributed by atoms with Crippen LogP contribution in [0.4, 0.5) is 5.69 Å². The van der Waals surface area contributed by atoms with E-state index in [1.807, 2.05) is 12.1 Å². The van der Waals surface area contributed by atoms with Crippen LogP contribution in [-0.4, -0.2) is 10.5 Å². The summed E-state index contributed by atoms with van der Waals surface area (Å²) in [5, 5.41) is 12.2. The van der Waals surface area contributed by atoms with Crippen molar-refractivity contribution in [1.82, 2.24) is 4.98 Å². The number of aromatic nitrogens is 1. The zero-order valence-corrected chi connectivity index (χ0v) is 9.54. The lowest BCUT2D eigenvalue weighted by Gasteiger charge is -2.29. The molecule has 0 aromatic carbocycles. The van der Waals surface area contributed by atoms with Crippen molar-refractivity contribution in [2.75, 3.05) is 5.32 Å². The first-order valence-electron chi connectivity index (χ1n) is 5.28. The minimum absolute atomic E-state index is 0.0913. The van der Waals surface area contributed by atoms with E-state index in [-0.39, 0.29) is 5.54 Å². The Morgan fingerprint density at radius 1 is 1.47 bits per heavy atom. The summed E-state index contributed by atoms with van der Waals surface area (Å²) in [5.74, 6) is 0. The predicted molar refractivity (Wildman–Crippen MR) is 61.6 cm³/mol.